The van der Waals surface area contributed by atoms with Crippen LogP contribution in [-0.4, -0.2) is 39.9 Å². The smallest absolute Gasteiger partial charge is 0.416 e. The van der Waals surface area contributed by atoms with E-state index in [2.05, 4.69) is 9.97 Å². The molecule has 1 aromatic heterocycles. The molecule has 1 saturated carbocycles. The standard InChI is InChI=1S/C30H28F7N3O3S/c1-15(2)19-11-20(24(42-3)12-22(19)31)21-13-38-26(44-4)39-23(21)14-40-27(41)43-25(28(40)6-5-7-28)16-8-17(29(32,33)34)10-18(9-16)30(35,36)37/h8-13,15,25H,5-7,14H2,1-4H3. The van der Waals surface area contributed by atoms with E-state index >= 15 is 0 Å². The van der Waals surface area contributed by atoms with Gasteiger partial charge in [0.1, 0.15) is 11.6 Å². The lowest BCUT2D eigenvalue weighted by Crippen LogP contribution is -2.53. The summed E-state index contributed by atoms with van der Waals surface area (Å²) >= 11 is 1.23. The van der Waals surface area contributed by atoms with Crippen LogP contribution in [0.15, 0.2) is 41.7 Å². The summed E-state index contributed by atoms with van der Waals surface area (Å²) in [6, 6.07) is 4.12. The summed E-state index contributed by atoms with van der Waals surface area (Å²) in [7, 11) is 1.38. The van der Waals surface area contributed by atoms with Crippen LogP contribution < -0.4 is 4.74 Å². The first-order chi connectivity index (χ1) is 20.6. The SMILES string of the molecule is COc1cc(F)c(C(C)C)cc1-c1cnc(SC)nc1CN1C(=O)OC(c2cc(C(F)(F)F)cc(C(F)(F)F)c2)C12CCC2. The van der Waals surface area contributed by atoms with Gasteiger partial charge in [-0.1, -0.05) is 25.6 Å². The number of aromatic nitrogens is 2. The number of carbonyl (C=O) groups excluding carboxylic acids is 1. The Morgan fingerprint density at radius 2 is 1.68 bits per heavy atom. The van der Waals surface area contributed by atoms with Crippen molar-refractivity contribution in [3.05, 3.63) is 70.3 Å². The van der Waals surface area contributed by atoms with Crippen LogP contribution in [0.3, 0.4) is 0 Å². The van der Waals surface area contributed by atoms with Gasteiger partial charge in [-0.25, -0.2) is 19.2 Å². The quantitative estimate of drug-likeness (QED) is 0.146. The molecule has 3 aromatic rings. The van der Waals surface area contributed by atoms with E-state index in [1.807, 2.05) is 13.8 Å². The number of nitrogens with zero attached hydrogens (tertiary/aromatic N) is 3. The average Bonchev–Trinajstić information content (AvgIpc) is 3.23. The van der Waals surface area contributed by atoms with Crippen LogP contribution >= 0.6 is 11.8 Å². The number of halogens is 7. The molecule has 2 heterocycles. The van der Waals surface area contributed by atoms with Crippen LogP contribution in [0.25, 0.3) is 11.1 Å². The number of hydrogen-bond donors (Lipinski definition) is 0. The number of hydrogen-bond acceptors (Lipinski definition) is 6. The number of methoxy groups -OCH3 is 1. The molecule has 2 aliphatic rings. The Labute approximate surface area is 253 Å². The number of carbonyl (C=O) groups is 1. The maximum absolute atomic E-state index is 14.8. The fourth-order valence-corrected chi connectivity index (χ4v) is 6.14. The highest BCUT2D eigenvalue weighted by Crippen LogP contribution is 2.55. The summed E-state index contributed by atoms with van der Waals surface area (Å²) in [4.78, 5) is 23.7. The van der Waals surface area contributed by atoms with Crippen molar-refractivity contribution in [2.75, 3.05) is 13.4 Å². The molecule has 0 bridgehead atoms. The van der Waals surface area contributed by atoms with Crippen molar-refractivity contribution < 1.29 is 45.0 Å². The lowest BCUT2D eigenvalue weighted by molar-refractivity contribution is -0.143. The van der Waals surface area contributed by atoms with Crippen molar-refractivity contribution in [2.24, 2.45) is 0 Å². The van der Waals surface area contributed by atoms with E-state index < -0.39 is 52.6 Å². The monoisotopic (exact) mass is 643 g/mol. The van der Waals surface area contributed by atoms with Crippen molar-refractivity contribution >= 4 is 17.9 Å². The van der Waals surface area contributed by atoms with Crippen molar-refractivity contribution in [1.29, 1.82) is 0 Å². The molecule has 14 heteroatoms. The van der Waals surface area contributed by atoms with Gasteiger partial charge in [-0.3, -0.25) is 4.90 Å². The molecule has 0 radical (unpaired) electrons. The van der Waals surface area contributed by atoms with Crippen molar-refractivity contribution in [3.8, 4) is 16.9 Å². The van der Waals surface area contributed by atoms with Gasteiger partial charge in [-0.05, 0) is 66.8 Å². The predicted octanol–water partition coefficient (Wildman–Crippen LogP) is 8.79. The van der Waals surface area contributed by atoms with E-state index in [4.69, 9.17) is 9.47 Å². The lowest BCUT2D eigenvalue weighted by Gasteiger charge is -2.46. The van der Waals surface area contributed by atoms with E-state index in [1.54, 1.807) is 12.3 Å². The zero-order valence-corrected chi connectivity index (χ0v) is 24.9. The first kappa shape index (κ1) is 31.9. The van der Waals surface area contributed by atoms with Crippen LogP contribution in [0.5, 0.6) is 5.75 Å². The summed E-state index contributed by atoms with van der Waals surface area (Å²) in [5, 5.41) is 0.355. The second-order valence-corrected chi connectivity index (χ2v) is 11.9. The second-order valence-electron chi connectivity index (χ2n) is 11.1. The third-order valence-corrected chi connectivity index (χ3v) is 8.73. The Balaban J connectivity index is 1.61. The van der Waals surface area contributed by atoms with E-state index in [-0.39, 0.29) is 37.1 Å². The second kappa shape index (κ2) is 11.4. The Morgan fingerprint density at radius 3 is 2.18 bits per heavy atom. The minimum Gasteiger partial charge on any atom is -0.496 e. The summed E-state index contributed by atoms with van der Waals surface area (Å²) in [5.41, 5.74) is -2.96. The average molecular weight is 644 g/mol. The highest BCUT2D eigenvalue weighted by Gasteiger charge is 2.59. The topological polar surface area (TPSA) is 64.6 Å². The fourth-order valence-electron chi connectivity index (χ4n) is 5.79. The molecule has 1 aliphatic carbocycles. The van der Waals surface area contributed by atoms with Crippen molar-refractivity contribution in [2.45, 2.75) is 74.7 Å². The van der Waals surface area contributed by atoms with Gasteiger partial charge >= 0.3 is 18.4 Å². The maximum atomic E-state index is 14.8. The van der Waals surface area contributed by atoms with E-state index in [0.717, 1.165) is 0 Å². The van der Waals surface area contributed by atoms with Crippen molar-refractivity contribution in [3.63, 3.8) is 0 Å². The molecule has 6 nitrogen and oxygen atoms in total. The van der Waals surface area contributed by atoms with Crippen molar-refractivity contribution in [1.82, 2.24) is 14.9 Å². The number of alkyl halides is 6. The van der Waals surface area contributed by atoms with Gasteiger partial charge in [0.15, 0.2) is 11.3 Å². The molecule has 2 fully saturated rings. The number of amides is 1. The first-order valence-electron chi connectivity index (χ1n) is 13.6. The summed E-state index contributed by atoms with van der Waals surface area (Å²) < 4.78 is 108. The molecule has 1 aliphatic heterocycles. The van der Waals surface area contributed by atoms with E-state index in [1.165, 1.54) is 36.0 Å². The van der Waals surface area contributed by atoms with Crippen LogP contribution in [0, 0.1) is 5.82 Å². The van der Waals surface area contributed by atoms with Gasteiger partial charge in [0.05, 0.1) is 36.0 Å². The molecular formula is C30H28F7N3O3S. The molecule has 1 amide bonds. The Morgan fingerprint density at radius 1 is 1.05 bits per heavy atom. The molecule has 44 heavy (non-hydrogen) atoms. The van der Waals surface area contributed by atoms with Gasteiger partial charge < -0.3 is 9.47 Å². The number of cyclic esters (lactones) is 1. The fraction of sp³-hybridized carbons (Fsp3) is 0.433. The minimum absolute atomic E-state index is 0.0457. The highest BCUT2D eigenvalue weighted by atomic mass is 32.2. The normalized spacial score (nSPS) is 18.1. The van der Waals surface area contributed by atoms with Gasteiger partial charge in [0, 0.05) is 23.4 Å². The van der Waals surface area contributed by atoms with Crippen LogP contribution in [0.2, 0.25) is 0 Å². The molecule has 1 atom stereocenters. The van der Waals surface area contributed by atoms with Gasteiger partial charge in [0.2, 0.25) is 0 Å². The Bertz CT molecular complexity index is 1560. The summed E-state index contributed by atoms with van der Waals surface area (Å²) in [6.07, 6.45) is -7.99. The largest absolute Gasteiger partial charge is 0.496 e. The van der Waals surface area contributed by atoms with Gasteiger partial charge in [0.25, 0.3) is 0 Å². The van der Waals surface area contributed by atoms with Crippen LogP contribution in [0.4, 0.5) is 35.5 Å². The maximum Gasteiger partial charge on any atom is 0.416 e. The van der Waals surface area contributed by atoms with Gasteiger partial charge in [-0.15, -0.1) is 0 Å². The van der Waals surface area contributed by atoms with Crippen LogP contribution in [-0.2, 0) is 23.6 Å². The summed E-state index contributed by atoms with van der Waals surface area (Å²) in [5.74, 6) is -0.462. The molecule has 5 rings (SSSR count). The molecule has 2 aromatic carbocycles. The molecule has 1 spiro atoms. The lowest BCUT2D eigenvalue weighted by atomic mass is 9.70. The third kappa shape index (κ3) is 5.68. The Kier molecular flexibility index (Phi) is 8.27. The Hall–Kier alpha value is -3.55. The van der Waals surface area contributed by atoms with E-state index in [9.17, 15) is 35.5 Å². The van der Waals surface area contributed by atoms with Crippen LogP contribution in [0.1, 0.15) is 73.1 Å². The number of ether oxygens (including phenoxy) is 2. The van der Waals surface area contributed by atoms with Gasteiger partial charge in [-0.2, -0.15) is 26.3 Å². The minimum atomic E-state index is -5.06. The van der Waals surface area contributed by atoms with E-state index in [0.29, 0.717) is 46.1 Å². The highest BCUT2D eigenvalue weighted by molar-refractivity contribution is 7.98. The zero-order chi connectivity index (χ0) is 32.2. The number of rotatable bonds is 7. The molecule has 1 unspecified atom stereocenters. The molecule has 1 saturated heterocycles. The molecule has 236 valence electrons. The molecular weight excluding hydrogens is 615 g/mol. The predicted molar refractivity (Wildman–Crippen MR) is 148 cm³/mol. The first-order valence-corrected chi connectivity index (χ1v) is 14.9. The third-order valence-electron chi connectivity index (χ3n) is 8.16. The number of benzene rings is 2. The number of thioether (sulfide) groups is 1. The summed E-state index contributed by atoms with van der Waals surface area (Å²) in [6.45, 7) is 3.45. The zero-order valence-electron chi connectivity index (χ0n) is 24.1. The molecule has 0 N–H and O–H groups in total.